The summed E-state index contributed by atoms with van der Waals surface area (Å²) in [5.41, 5.74) is 9.05. The number of hydrogen-bond donors (Lipinski definition) is 2. The van der Waals surface area contributed by atoms with Crippen LogP contribution in [0.15, 0.2) is 30.9 Å². The van der Waals surface area contributed by atoms with Crippen LogP contribution in [0.4, 0.5) is 11.5 Å². The van der Waals surface area contributed by atoms with Crippen LogP contribution in [0.1, 0.15) is 28.9 Å². The van der Waals surface area contributed by atoms with Crippen molar-refractivity contribution in [3.8, 4) is 0 Å². The number of carbonyl (C=O) groups excluding carboxylic acids is 2. The molecule has 1 aliphatic rings. The van der Waals surface area contributed by atoms with Gasteiger partial charge in [0.25, 0.3) is 5.91 Å². The second kappa shape index (κ2) is 6.35. The highest BCUT2D eigenvalue weighted by molar-refractivity contribution is 5.99. The molecule has 138 valence electrons. The third-order valence-electron chi connectivity index (χ3n) is 4.85. The minimum Gasteiger partial charge on any atom is -0.382 e. The first-order valence-electron chi connectivity index (χ1n) is 8.58. The molecule has 0 aliphatic carbocycles. The Bertz CT molecular complexity index is 1060. The lowest BCUT2D eigenvalue weighted by atomic mass is 9.98. The number of likely N-dealkylation sites (N-methyl/N-ethyl adjacent to an activating group) is 1. The van der Waals surface area contributed by atoms with Gasteiger partial charge in [0.2, 0.25) is 5.91 Å². The molecule has 9 nitrogen and oxygen atoms in total. The van der Waals surface area contributed by atoms with E-state index in [1.165, 1.54) is 12.7 Å². The monoisotopic (exact) mass is 365 g/mol. The van der Waals surface area contributed by atoms with Crippen LogP contribution in [0.2, 0.25) is 0 Å². The van der Waals surface area contributed by atoms with Gasteiger partial charge in [0.05, 0.1) is 6.33 Å². The van der Waals surface area contributed by atoms with Crippen LogP contribution in [0.5, 0.6) is 0 Å². The van der Waals surface area contributed by atoms with Crippen molar-refractivity contribution in [2.75, 3.05) is 24.6 Å². The highest BCUT2D eigenvalue weighted by atomic mass is 16.2. The number of nitrogens with two attached hydrogens (primary N) is 1. The van der Waals surface area contributed by atoms with Gasteiger partial charge in [-0.3, -0.25) is 9.59 Å². The van der Waals surface area contributed by atoms with E-state index in [0.29, 0.717) is 29.0 Å². The fourth-order valence-corrected chi connectivity index (χ4v) is 3.21. The standard InChI is InChI=1S/C18H19N7O2/c1-10(25-9-22-14-15(19)20-8-21-16(14)25)17(26)23-12-3-4-13-11(7-12)5-6-24(2)18(13)27/h3-4,7-10H,5-6H2,1-2H3,(H,23,26)(H2,19,20,21)/t10-/m0/s1. The summed E-state index contributed by atoms with van der Waals surface area (Å²) in [6.45, 7) is 2.42. The van der Waals surface area contributed by atoms with E-state index in [-0.39, 0.29) is 17.6 Å². The minimum atomic E-state index is -0.548. The van der Waals surface area contributed by atoms with Crippen molar-refractivity contribution in [2.24, 2.45) is 0 Å². The molecule has 0 radical (unpaired) electrons. The fourth-order valence-electron chi connectivity index (χ4n) is 3.21. The van der Waals surface area contributed by atoms with Crippen molar-refractivity contribution < 1.29 is 9.59 Å². The van der Waals surface area contributed by atoms with Gasteiger partial charge in [0.1, 0.15) is 17.9 Å². The van der Waals surface area contributed by atoms with Gasteiger partial charge in [-0.1, -0.05) is 0 Å². The van der Waals surface area contributed by atoms with Crippen molar-refractivity contribution >= 4 is 34.5 Å². The molecule has 9 heteroatoms. The lowest BCUT2D eigenvalue weighted by Gasteiger charge is -2.25. The Morgan fingerprint density at radius 2 is 2.11 bits per heavy atom. The van der Waals surface area contributed by atoms with E-state index >= 15 is 0 Å². The van der Waals surface area contributed by atoms with Crippen molar-refractivity contribution in [1.82, 2.24) is 24.4 Å². The number of hydrogen-bond acceptors (Lipinski definition) is 6. The molecule has 3 N–H and O–H groups in total. The number of rotatable bonds is 3. The normalized spacial score (nSPS) is 14.9. The zero-order chi connectivity index (χ0) is 19.1. The number of benzene rings is 1. The summed E-state index contributed by atoms with van der Waals surface area (Å²) in [5.74, 6) is 0.0611. The SMILES string of the molecule is C[C@@H](C(=O)Nc1ccc2c(c1)CCN(C)C2=O)n1cnc2c(N)ncnc21. The molecule has 0 spiro atoms. The molecule has 0 saturated carbocycles. The molecule has 1 aliphatic heterocycles. The second-order valence-electron chi connectivity index (χ2n) is 6.60. The molecular formula is C18H19N7O2. The number of nitrogens with one attached hydrogen (secondary N) is 1. The zero-order valence-electron chi connectivity index (χ0n) is 15.0. The molecule has 3 heterocycles. The summed E-state index contributed by atoms with van der Waals surface area (Å²) < 4.78 is 1.65. The maximum Gasteiger partial charge on any atom is 0.253 e. The quantitative estimate of drug-likeness (QED) is 0.721. The molecule has 0 saturated heterocycles. The lowest BCUT2D eigenvalue weighted by molar-refractivity contribution is -0.118. The van der Waals surface area contributed by atoms with Crippen LogP contribution < -0.4 is 11.1 Å². The summed E-state index contributed by atoms with van der Waals surface area (Å²) in [7, 11) is 1.79. The summed E-state index contributed by atoms with van der Waals surface area (Å²) >= 11 is 0. The molecule has 3 aromatic rings. The van der Waals surface area contributed by atoms with E-state index in [1.807, 2.05) is 6.07 Å². The third-order valence-corrected chi connectivity index (χ3v) is 4.85. The van der Waals surface area contributed by atoms with Gasteiger partial charge < -0.3 is 20.5 Å². The molecule has 2 amide bonds. The largest absolute Gasteiger partial charge is 0.382 e. The average molecular weight is 365 g/mol. The van der Waals surface area contributed by atoms with Gasteiger partial charge in [-0.05, 0) is 37.1 Å². The van der Waals surface area contributed by atoms with E-state index in [1.54, 1.807) is 35.6 Å². The van der Waals surface area contributed by atoms with E-state index in [9.17, 15) is 9.59 Å². The van der Waals surface area contributed by atoms with Crippen LogP contribution in [0, 0.1) is 0 Å². The molecule has 27 heavy (non-hydrogen) atoms. The Balaban J connectivity index is 1.57. The van der Waals surface area contributed by atoms with E-state index < -0.39 is 6.04 Å². The number of anilines is 2. The molecule has 4 rings (SSSR count). The number of aromatic nitrogens is 4. The molecule has 2 aromatic heterocycles. The van der Waals surface area contributed by atoms with Crippen LogP contribution in [0.3, 0.4) is 0 Å². The first-order valence-corrected chi connectivity index (χ1v) is 8.58. The Morgan fingerprint density at radius 1 is 1.30 bits per heavy atom. The average Bonchev–Trinajstić information content (AvgIpc) is 3.09. The van der Waals surface area contributed by atoms with E-state index in [2.05, 4.69) is 20.3 Å². The smallest absolute Gasteiger partial charge is 0.253 e. The zero-order valence-corrected chi connectivity index (χ0v) is 15.0. The first kappa shape index (κ1) is 17.0. The lowest BCUT2D eigenvalue weighted by Crippen LogP contribution is -2.34. The Labute approximate surface area is 155 Å². The molecule has 0 fully saturated rings. The topological polar surface area (TPSA) is 119 Å². The molecule has 1 aromatic carbocycles. The molecule has 1 atom stereocenters. The van der Waals surface area contributed by atoms with Crippen LogP contribution in [-0.4, -0.2) is 49.8 Å². The number of carbonyl (C=O) groups is 2. The van der Waals surface area contributed by atoms with Gasteiger partial charge in [0.15, 0.2) is 11.5 Å². The fraction of sp³-hybridized carbons (Fsp3) is 0.278. The second-order valence-corrected chi connectivity index (χ2v) is 6.60. The van der Waals surface area contributed by atoms with Gasteiger partial charge in [-0.25, -0.2) is 15.0 Å². The maximum atomic E-state index is 12.7. The van der Waals surface area contributed by atoms with Gasteiger partial charge in [-0.15, -0.1) is 0 Å². The highest BCUT2D eigenvalue weighted by Gasteiger charge is 2.23. The minimum absolute atomic E-state index is 0.00431. The Kier molecular flexibility index (Phi) is 3.98. The molecular weight excluding hydrogens is 346 g/mol. The van der Waals surface area contributed by atoms with Crippen LogP contribution in [-0.2, 0) is 11.2 Å². The van der Waals surface area contributed by atoms with Crippen molar-refractivity contribution in [2.45, 2.75) is 19.4 Å². The van der Waals surface area contributed by atoms with Crippen LogP contribution >= 0.6 is 0 Å². The maximum absolute atomic E-state index is 12.7. The number of amides is 2. The summed E-state index contributed by atoms with van der Waals surface area (Å²) in [6, 6.07) is 4.81. The Morgan fingerprint density at radius 3 is 2.93 bits per heavy atom. The molecule has 0 unspecified atom stereocenters. The van der Waals surface area contributed by atoms with Gasteiger partial charge in [-0.2, -0.15) is 0 Å². The van der Waals surface area contributed by atoms with E-state index in [0.717, 1.165) is 12.0 Å². The van der Waals surface area contributed by atoms with Gasteiger partial charge in [0, 0.05) is 24.8 Å². The number of nitrogen functional groups attached to an aromatic ring is 1. The van der Waals surface area contributed by atoms with Crippen LogP contribution in [0.25, 0.3) is 11.2 Å². The third kappa shape index (κ3) is 2.86. The highest BCUT2D eigenvalue weighted by Crippen LogP contribution is 2.24. The predicted octanol–water partition coefficient (Wildman–Crippen LogP) is 1.24. The predicted molar refractivity (Wildman–Crippen MR) is 100 cm³/mol. The number of fused-ring (bicyclic) bond motifs is 2. The summed E-state index contributed by atoms with van der Waals surface area (Å²) in [6.07, 6.45) is 3.64. The van der Waals surface area contributed by atoms with Gasteiger partial charge >= 0.3 is 0 Å². The summed E-state index contributed by atoms with van der Waals surface area (Å²) in [4.78, 5) is 38.9. The number of nitrogens with zero attached hydrogens (tertiary/aromatic N) is 5. The first-order chi connectivity index (χ1) is 13.0. The molecule has 0 bridgehead atoms. The summed E-state index contributed by atoms with van der Waals surface area (Å²) in [5, 5.41) is 2.90. The Hall–Kier alpha value is -3.49. The van der Waals surface area contributed by atoms with Crippen molar-refractivity contribution in [3.05, 3.63) is 42.0 Å². The van der Waals surface area contributed by atoms with Crippen molar-refractivity contribution in [1.29, 1.82) is 0 Å². The number of imidazole rings is 1. The van der Waals surface area contributed by atoms with Crippen molar-refractivity contribution in [3.63, 3.8) is 0 Å². The van der Waals surface area contributed by atoms with E-state index in [4.69, 9.17) is 5.73 Å².